The lowest BCUT2D eigenvalue weighted by Gasteiger charge is -2.16. The van der Waals surface area contributed by atoms with Gasteiger partial charge in [-0.15, -0.1) is 0 Å². The number of nitrogens with one attached hydrogen (secondary N) is 1. The lowest BCUT2D eigenvalue weighted by molar-refractivity contribution is -0.121. The first-order chi connectivity index (χ1) is 5.56. The van der Waals surface area contributed by atoms with E-state index in [9.17, 15) is 4.79 Å². The van der Waals surface area contributed by atoms with Crippen LogP contribution in [0.2, 0.25) is 0 Å². The zero-order valence-electron chi connectivity index (χ0n) is 8.13. The summed E-state index contributed by atoms with van der Waals surface area (Å²) >= 11 is 0. The second-order valence-electron chi connectivity index (χ2n) is 3.18. The van der Waals surface area contributed by atoms with Crippen molar-refractivity contribution < 1.29 is 4.79 Å². The van der Waals surface area contributed by atoms with Gasteiger partial charge >= 0.3 is 0 Å². The Bertz CT molecular complexity index is 136. The van der Waals surface area contributed by atoms with Crippen LogP contribution in [0.3, 0.4) is 0 Å². The van der Waals surface area contributed by atoms with E-state index in [1.807, 2.05) is 18.9 Å². The molecular weight excluding hydrogens is 154 g/mol. The minimum atomic E-state index is 0.0437. The number of nitrogens with zero attached hydrogens (tertiary/aromatic N) is 1. The Morgan fingerprint density at radius 1 is 1.67 bits per heavy atom. The molecule has 0 heterocycles. The molecule has 3 N–H and O–H groups in total. The molecule has 0 fully saturated rings. The molecule has 4 nitrogen and oxygen atoms in total. The quantitative estimate of drug-likeness (QED) is 0.584. The molecule has 0 spiro atoms. The topological polar surface area (TPSA) is 58.4 Å². The van der Waals surface area contributed by atoms with E-state index in [0.717, 1.165) is 13.0 Å². The molecule has 1 amide bonds. The average molecular weight is 173 g/mol. The summed E-state index contributed by atoms with van der Waals surface area (Å²) in [4.78, 5) is 12.8. The first-order valence-electron chi connectivity index (χ1n) is 4.21. The standard InChI is InChI=1S/C8H19N3O/c1-7(9)4-5-11(3)6-8(12)10-2/h7H,4-6,9H2,1-3H3,(H,10,12). The summed E-state index contributed by atoms with van der Waals surface area (Å²) in [6.45, 7) is 3.28. The SMILES string of the molecule is CNC(=O)CN(C)CCC(C)N. The summed E-state index contributed by atoms with van der Waals surface area (Å²) in [6.07, 6.45) is 0.924. The van der Waals surface area contributed by atoms with Gasteiger partial charge in [0.15, 0.2) is 0 Å². The second-order valence-corrected chi connectivity index (χ2v) is 3.18. The Hall–Kier alpha value is -0.610. The lowest BCUT2D eigenvalue weighted by Crippen LogP contribution is -2.35. The van der Waals surface area contributed by atoms with Crippen LogP contribution in [0, 0.1) is 0 Å². The summed E-state index contributed by atoms with van der Waals surface area (Å²) < 4.78 is 0. The molecule has 1 atom stereocenters. The Kier molecular flexibility index (Phi) is 5.66. The number of nitrogens with two attached hydrogens (primary N) is 1. The molecule has 0 aromatic rings. The Balaban J connectivity index is 3.45. The fourth-order valence-corrected chi connectivity index (χ4v) is 0.827. The van der Waals surface area contributed by atoms with Gasteiger partial charge in [0.1, 0.15) is 0 Å². The summed E-state index contributed by atoms with van der Waals surface area (Å²) in [7, 11) is 3.55. The molecule has 0 aliphatic carbocycles. The minimum absolute atomic E-state index is 0.0437. The van der Waals surface area contributed by atoms with Crippen molar-refractivity contribution in [3.05, 3.63) is 0 Å². The highest BCUT2D eigenvalue weighted by Gasteiger charge is 2.04. The minimum Gasteiger partial charge on any atom is -0.358 e. The maximum atomic E-state index is 10.9. The second kappa shape index (κ2) is 5.97. The number of rotatable bonds is 5. The van der Waals surface area contributed by atoms with E-state index >= 15 is 0 Å². The highest BCUT2D eigenvalue weighted by Crippen LogP contribution is 1.90. The normalized spacial score (nSPS) is 13.1. The van der Waals surface area contributed by atoms with Gasteiger partial charge in [0.05, 0.1) is 6.54 Å². The number of amides is 1. The van der Waals surface area contributed by atoms with E-state index in [1.54, 1.807) is 7.05 Å². The predicted molar refractivity (Wildman–Crippen MR) is 49.8 cm³/mol. The molecule has 72 valence electrons. The number of carbonyl (C=O) groups excluding carboxylic acids is 1. The number of hydrogen-bond donors (Lipinski definition) is 2. The smallest absolute Gasteiger partial charge is 0.233 e. The largest absolute Gasteiger partial charge is 0.358 e. The molecule has 0 saturated heterocycles. The van der Waals surface area contributed by atoms with Gasteiger partial charge in [-0.1, -0.05) is 0 Å². The first-order valence-corrected chi connectivity index (χ1v) is 4.21. The van der Waals surface area contributed by atoms with Crippen LogP contribution in [0.1, 0.15) is 13.3 Å². The van der Waals surface area contributed by atoms with Crippen molar-refractivity contribution >= 4 is 5.91 Å². The van der Waals surface area contributed by atoms with Crippen molar-refractivity contribution in [3.63, 3.8) is 0 Å². The average Bonchev–Trinajstić information content (AvgIpc) is 2.00. The summed E-state index contributed by atoms with van der Waals surface area (Å²) in [6, 6.07) is 0.206. The predicted octanol–water partition coefficient (Wildman–Crippen LogP) is -0.598. The Morgan fingerprint density at radius 2 is 2.25 bits per heavy atom. The molecule has 0 rings (SSSR count). The van der Waals surface area contributed by atoms with Crippen molar-refractivity contribution in [2.24, 2.45) is 5.73 Å². The van der Waals surface area contributed by atoms with Crippen LogP contribution in [0.15, 0.2) is 0 Å². The summed E-state index contributed by atoms with van der Waals surface area (Å²) in [5.41, 5.74) is 5.58. The molecule has 0 aliphatic heterocycles. The van der Waals surface area contributed by atoms with Crippen LogP contribution in [0.5, 0.6) is 0 Å². The monoisotopic (exact) mass is 173 g/mol. The fraction of sp³-hybridized carbons (Fsp3) is 0.875. The van der Waals surface area contributed by atoms with Crippen molar-refractivity contribution in [1.82, 2.24) is 10.2 Å². The third kappa shape index (κ3) is 6.12. The molecule has 12 heavy (non-hydrogen) atoms. The van der Waals surface area contributed by atoms with Crippen molar-refractivity contribution in [2.75, 3.05) is 27.2 Å². The van der Waals surface area contributed by atoms with Crippen LogP contribution < -0.4 is 11.1 Å². The van der Waals surface area contributed by atoms with Crippen LogP contribution in [-0.4, -0.2) is 44.0 Å². The van der Waals surface area contributed by atoms with Crippen LogP contribution in [0.4, 0.5) is 0 Å². The van der Waals surface area contributed by atoms with Gasteiger partial charge in [-0.2, -0.15) is 0 Å². The van der Waals surface area contributed by atoms with E-state index in [1.165, 1.54) is 0 Å². The van der Waals surface area contributed by atoms with Gasteiger partial charge in [-0.05, 0) is 26.9 Å². The van der Waals surface area contributed by atoms with E-state index < -0.39 is 0 Å². The third-order valence-corrected chi connectivity index (χ3v) is 1.66. The van der Waals surface area contributed by atoms with Gasteiger partial charge in [-0.25, -0.2) is 0 Å². The van der Waals surface area contributed by atoms with E-state index in [0.29, 0.717) is 6.54 Å². The first kappa shape index (κ1) is 11.4. The zero-order valence-corrected chi connectivity index (χ0v) is 8.13. The Morgan fingerprint density at radius 3 is 2.67 bits per heavy atom. The number of hydrogen-bond acceptors (Lipinski definition) is 3. The molecular formula is C8H19N3O. The highest BCUT2D eigenvalue weighted by atomic mass is 16.1. The number of likely N-dealkylation sites (N-methyl/N-ethyl adjacent to an activating group) is 2. The zero-order chi connectivity index (χ0) is 9.56. The third-order valence-electron chi connectivity index (χ3n) is 1.66. The van der Waals surface area contributed by atoms with Crippen molar-refractivity contribution in [3.8, 4) is 0 Å². The van der Waals surface area contributed by atoms with Gasteiger partial charge in [-0.3, -0.25) is 9.69 Å². The number of carbonyl (C=O) groups is 1. The van der Waals surface area contributed by atoms with Crippen LogP contribution >= 0.6 is 0 Å². The van der Waals surface area contributed by atoms with Crippen molar-refractivity contribution in [2.45, 2.75) is 19.4 Å². The molecule has 4 heteroatoms. The molecule has 1 unspecified atom stereocenters. The van der Waals surface area contributed by atoms with Crippen LogP contribution in [-0.2, 0) is 4.79 Å². The molecule has 0 aromatic heterocycles. The van der Waals surface area contributed by atoms with Crippen LogP contribution in [0.25, 0.3) is 0 Å². The highest BCUT2D eigenvalue weighted by molar-refractivity contribution is 5.77. The fourth-order valence-electron chi connectivity index (χ4n) is 0.827. The molecule has 0 aliphatic rings. The maximum Gasteiger partial charge on any atom is 0.233 e. The van der Waals surface area contributed by atoms with Gasteiger partial charge in [0.2, 0.25) is 5.91 Å². The molecule has 0 saturated carbocycles. The van der Waals surface area contributed by atoms with E-state index in [4.69, 9.17) is 5.73 Å². The summed E-state index contributed by atoms with van der Waals surface area (Å²) in [5, 5.41) is 2.57. The molecule has 0 radical (unpaired) electrons. The lowest BCUT2D eigenvalue weighted by atomic mass is 10.2. The maximum absolute atomic E-state index is 10.9. The van der Waals surface area contributed by atoms with E-state index in [2.05, 4.69) is 5.32 Å². The molecule has 0 aromatic carbocycles. The Labute approximate surface area is 74.1 Å². The molecule has 0 bridgehead atoms. The summed E-state index contributed by atoms with van der Waals surface area (Å²) in [5.74, 6) is 0.0437. The van der Waals surface area contributed by atoms with Gasteiger partial charge < -0.3 is 11.1 Å². The van der Waals surface area contributed by atoms with Crippen molar-refractivity contribution in [1.29, 1.82) is 0 Å². The van der Waals surface area contributed by atoms with Gasteiger partial charge in [0, 0.05) is 13.1 Å². The van der Waals surface area contributed by atoms with E-state index in [-0.39, 0.29) is 11.9 Å². The van der Waals surface area contributed by atoms with Gasteiger partial charge in [0.25, 0.3) is 0 Å².